The van der Waals surface area contributed by atoms with E-state index in [2.05, 4.69) is 20.8 Å². The number of hydrogen-bond donors (Lipinski definition) is 2. The van der Waals surface area contributed by atoms with Crippen molar-refractivity contribution in [3.63, 3.8) is 0 Å². The Bertz CT molecular complexity index is 307. The molecule has 1 aliphatic heterocycles. The van der Waals surface area contributed by atoms with Crippen LogP contribution in [0.15, 0.2) is 11.4 Å². The fraction of sp³-hybridized carbons (Fsp3) is 0.833. The Morgan fingerprint density at radius 2 is 2.06 bits per heavy atom. The average molecular weight is 225 g/mol. The van der Waals surface area contributed by atoms with Gasteiger partial charge in [0.15, 0.2) is 0 Å². The molecule has 2 aliphatic rings. The van der Waals surface area contributed by atoms with Crippen LogP contribution in [0.5, 0.6) is 0 Å². The molecule has 0 amide bonds. The molecule has 4 heteroatoms. The van der Waals surface area contributed by atoms with Crippen LogP contribution in [0.4, 0.5) is 0 Å². The van der Waals surface area contributed by atoms with Crippen molar-refractivity contribution in [2.45, 2.75) is 39.7 Å². The van der Waals surface area contributed by atoms with Gasteiger partial charge in [-0.15, -0.1) is 0 Å². The fourth-order valence-electron chi connectivity index (χ4n) is 2.08. The van der Waals surface area contributed by atoms with Crippen molar-refractivity contribution >= 4 is 0 Å². The zero-order valence-electron chi connectivity index (χ0n) is 10.5. The minimum atomic E-state index is 0.0559. The fourth-order valence-corrected chi connectivity index (χ4v) is 2.08. The molecule has 0 bridgehead atoms. The van der Waals surface area contributed by atoms with E-state index >= 15 is 0 Å². The van der Waals surface area contributed by atoms with Crippen molar-refractivity contribution < 1.29 is 4.74 Å². The maximum absolute atomic E-state index is 6.18. The third kappa shape index (κ3) is 2.04. The summed E-state index contributed by atoms with van der Waals surface area (Å²) in [4.78, 5) is 0. The molecule has 0 radical (unpaired) electrons. The maximum Gasteiger partial charge on any atom is 0.0896 e. The van der Waals surface area contributed by atoms with Gasteiger partial charge in [-0.3, -0.25) is 0 Å². The molecule has 0 aromatic heterocycles. The standard InChI is InChI=1S/C12H23N3O/c1-8-12(2,3)7-16-6-10(15(8)14)11(13)9-4-5-9/h8-9H,4-7,13-14H2,1-3H3/b11-10-. The quantitative estimate of drug-likeness (QED) is 0.658. The number of ether oxygens (including phenoxy) is 1. The Morgan fingerprint density at radius 3 is 2.62 bits per heavy atom. The van der Waals surface area contributed by atoms with Crippen LogP contribution in [0.1, 0.15) is 33.6 Å². The Hall–Kier alpha value is -0.740. The summed E-state index contributed by atoms with van der Waals surface area (Å²) in [6.45, 7) is 7.76. The predicted molar refractivity (Wildman–Crippen MR) is 64.0 cm³/mol. The lowest BCUT2D eigenvalue weighted by molar-refractivity contribution is 0.0672. The van der Waals surface area contributed by atoms with E-state index in [4.69, 9.17) is 16.3 Å². The van der Waals surface area contributed by atoms with E-state index in [1.54, 1.807) is 0 Å². The summed E-state index contributed by atoms with van der Waals surface area (Å²) in [6, 6.07) is 0.238. The summed E-state index contributed by atoms with van der Waals surface area (Å²) in [5.74, 6) is 6.72. The molecular weight excluding hydrogens is 202 g/mol. The lowest BCUT2D eigenvalue weighted by atomic mass is 9.86. The third-order valence-corrected chi connectivity index (χ3v) is 3.92. The predicted octanol–water partition coefficient (Wildman–Crippen LogP) is 1.19. The Labute approximate surface area is 97.6 Å². The topological polar surface area (TPSA) is 64.5 Å². The molecule has 0 aromatic rings. The van der Waals surface area contributed by atoms with Gasteiger partial charge in [-0.2, -0.15) is 0 Å². The van der Waals surface area contributed by atoms with Crippen LogP contribution in [0.3, 0.4) is 0 Å². The first-order valence-corrected chi connectivity index (χ1v) is 6.03. The Morgan fingerprint density at radius 1 is 1.44 bits per heavy atom. The highest BCUT2D eigenvalue weighted by Gasteiger charge is 2.36. The van der Waals surface area contributed by atoms with E-state index in [1.165, 1.54) is 12.8 Å². The molecule has 4 N–H and O–H groups in total. The molecule has 2 rings (SSSR count). The van der Waals surface area contributed by atoms with Gasteiger partial charge in [0, 0.05) is 23.1 Å². The normalized spacial score (nSPS) is 33.5. The molecule has 1 unspecified atom stereocenters. The SMILES string of the molecule is CC1N(N)/C(=C(\N)C2CC2)COCC1(C)C. The monoisotopic (exact) mass is 225 g/mol. The van der Waals surface area contributed by atoms with Crippen LogP contribution in [0, 0.1) is 11.3 Å². The van der Waals surface area contributed by atoms with Crippen LogP contribution in [0.2, 0.25) is 0 Å². The average Bonchev–Trinajstić information content (AvgIpc) is 3.04. The molecule has 1 saturated heterocycles. The van der Waals surface area contributed by atoms with Crippen molar-refractivity contribution in [3.05, 3.63) is 11.4 Å². The third-order valence-electron chi connectivity index (χ3n) is 3.92. The highest BCUT2D eigenvalue weighted by Crippen LogP contribution is 2.37. The number of nitrogens with two attached hydrogens (primary N) is 2. The van der Waals surface area contributed by atoms with E-state index in [0.717, 1.165) is 18.0 Å². The Kier molecular flexibility index (Phi) is 2.88. The number of rotatable bonds is 1. The van der Waals surface area contributed by atoms with Crippen LogP contribution in [-0.2, 0) is 4.74 Å². The van der Waals surface area contributed by atoms with Crippen LogP contribution in [-0.4, -0.2) is 24.3 Å². The molecule has 1 heterocycles. The summed E-state index contributed by atoms with van der Waals surface area (Å²) < 4.78 is 5.70. The lowest BCUT2D eigenvalue weighted by Gasteiger charge is -2.36. The first kappa shape index (κ1) is 11.7. The van der Waals surface area contributed by atoms with E-state index in [0.29, 0.717) is 12.5 Å². The smallest absolute Gasteiger partial charge is 0.0896 e. The zero-order valence-corrected chi connectivity index (χ0v) is 10.5. The second-order valence-electron chi connectivity index (χ2n) is 5.74. The molecule has 4 nitrogen and oxygen atoms in total. The van der Waals surface area contributed by atoms with E-state index in [-0.39, 0.29) is 11.5 Å². The number of allylic oxidation sites excluding steroid dienone is 1. The van der Waals surface area contributed by atoms with Gasteiger partial charge < -0.3 is 15.5 Å². The summed E-state index contributed by atoms with van der Waals surface area (Å²) >= 11 is 0. The summed E-state index contributed by atoms with van der Waals surface area (Å²) in [5, 5.41) is 1.82. The first-order valence-electron chi connectivity index (χ1n) is 6.03. The van der Waals surface area contributed by atoms with E-state index in [1.807, 2.05) is 5.01 Å². The Balaban J connectivity index is 2.25. The number of nitrogens with zero attached hydrogens (tertiary/aromatic N) is 1. The lowest BCUT2D eigenvalue weighted by Crippen LogP contribution is -2.47. The van der Waals surface area contributed by atoms with Gasteiger partial charge >= 0.3 is 0 Å². The van der Waals surface area contributed by atoms with Crippen molar-refractivity contribution in [2.75, 3.05) is 13.2 Å². The summed E-state index contributed by atoms with van der Waals surface area (Å²) in [5.41, 5.74) is 8.12. The van der Waals surface area contributed by atoms with Gasteiger partial charge in [-0.05, 0) is 19.8 Å². The van der Waals surface area contributed by atoms with Gasteiger partial charge in [0.25, 0.3) is 0 Å². The minimum absolute atomic E-state index is 0.0559. The van der Waals surface area contributed by atoms with E-state index < -0.39 is 0 Å². The van der Waals surface area contributed by atoms with Crippen molar-refractivity contribution in [1.82, 2.24) is 5.01 Å². The number of hydrogen-bond acceptors (Lipinski definition) is 4. The highest BCUT2D eigenvalue weighted by molar-refractivity contribution is 5.18. The second kappa shape index (κ2) is 3.93. The van der Waals surface area contributed by atoms with Crippen LogP contribution >= 0.6 is 0 Å². The molecule has 1 saturated carbocycles. The van der Waals surface area contributed by atoms with Gasteiger partial charge in [-0.25, -0.2) is 5.84 Å². The van der Waals surface area contributed by atoms with E-state index in [9.17, 15) is 0 Å². The molecule has 1 atom stereocenters. The number of hydrazine groups is 1. The molecule has 0 aromatic carbocycles. The van der Waals surface area contributed by atoms with Gasteiger partial charge in [0.1, 0.15) is 0 Å². The molecule has 0 spiro atoms. The van der Waals surface area contributed by atoms with Crippen molar-refractivity contribution in [2.24, 2.45) is 22.9 Å². The zero-order chi connectivity index (χ0) is 11.9. The highest BCUT2D eigenvalue weighted by atomic mass is 16.5. The second-order valence-corrected chi connectivity index (χ2v) is 5.74. The maximum atomic E-state index is 6.18. The molecular formula is C12H23N3O. The molecule has 92 valence electrons. The van der Waals surface area contributed by atoms with Crippen LogP contribution < -0.4 is 11.6 Å². The largest absolute Gasteiger partial charge is 0.400 e. The van der Waals surface area contributed by atoms with Gasteiger partial charge in [0.05, 0.1) is 18.9 Å². The van der Waals surface area contributed by atoms with Crippen LogP contribution in [0.25, 0.3) is 0 Å². The molecule has 1 aliphatic carbocycles. The minimum Gasteiger partial charge on any atom is -0.400 e. The van der Waals surface area contributed by atoms with Crippen molar-refractivity contribution in [1.29, 1.82) is 0 Å². The first-order chi connectivity index (χ1) is 7.43. The van der Waals surface area contributed by atoms with Gasteiger partial charge in [0.2, 0.25) is 0 Å². The van der Waals surface area contributed by atoms with Gasteiger partial charge in [-0.1, -0.05) is 13.8 Å². The summed E-state index contributed by atoms with van der Waals surface area (Å²) in [6.07, 6.45) is 2.39. The molecule has 2 fully saturated rings. The summed E-state index contributed by atoms with van der Waals surface area (Å²) in [7, 11) is 0. The molecule has 16 heavy (non-hydrogen) atoms. The van der Waals surface area contributed by atoms with Crippen molar-refractivity contribution in [3.8, 4) is 0 Å².